The summed E-state index contributed by atoms with van der Waals surface area (Å²) in [6.07, 6.45) is 10.3. The lowest BCUT2D eigenvalue weighted by molar-refractivity contribution is -0.119. The summed E-state index contributed by atoms with van der Waals surface area (Å²) in [5.74, 6) is 0.397. The number of carbonyl (C=O) groups is 2. The Morgan fingerprint density at radius 2 is 1.63 bits per heavy atom. The van der Waals surface area contributed by atoms with Crippen molar-refractivity contribution in [3.63, 3.8) is 0 Å². The average molecular weight is 409 g/mol. The molecule has 1 aromatic heterocycles. The van der Waals surface area contributed by atoms with Crippen LogP contribution in [0.1, 0.15) is 68.3 Å². The molecule has 0 saturated heterocycles. The van der Waals surface area contributed by atoms with Gasteiger partial charge in [-0.05, 0) is 30.4 Å². The topological polar surface area (TPSA) is 66.4 Å². The minimum atomic E-state index is -0.0671. The van der Waals surface area contributed by atoms with E-state index >= 15 is 0 Å². The number of hydrogen-bond acceptors (Lipinski definition) is 4. The van der Waals surface area contributed by atoms with Crippen LogP contribution in [0.2, 0.25) is 0 Å². The molecule has 30 heavy (non-hydrogen) atoms. The fraction of sp³-hybridized carbons (Fsp3) is 0.500. The van der Waals surface area contributed by atoms with Crippen LogP contribution in [-0.4, -0.2) is 39.8 Å². The summed E-state index contributed by atoms with van der Waals surface area (Å²) in [4.78, 5) is 38.0. The number of para-hydroxylation sites is 1. The zero-order valence-corrected chi connectivity index (χ0v) is 18.1. The summed E-state index contributed by atoms with van der Waals surface area (Å²) in [7, 11) is 0. The SMILES string of the molecule is CC(C)CC(=O)N1CCCCCCCN(C(=O)c2cncnc2)Cc2ccccc21. The molecule has 0 aliphatic carbocycles. The fourth-order valence-corrected chi connectivity index (χ4v) is 3.90. The highest BCUT2D eigenvalue weighted by atomic mass is 16.2. The Labute approximate surface area is 179 Å². The van der Waals surface area contributed by atoms with Crippen LogP contribution in [-0.2, 0) is 11.3 Å². The molecule has 0 radical (unpaired) electrons. The maximum absolute atomic E-state index is 13.2. The third kappa shape index (κ3) is 5.88. The van der Waals surface area contributed by atoms with Crippen molar-refractivity contribution < 1.29 is 9.59 Å². The zero-order chi connectivity index (χ0) is 21.3. The van der Waals surface area contributed by atoms with Crippen molar-refractivity contribution >= 4 is 17.5 Å². The molecule has 2 amide bonds. The third-order valence-corrected chi connectivity index (χ3v) is 5.43. The first kappa shape index (κ1) is 21.9. The van der Waals surface area contributed by atoms with Gasteiger partial charge in [0.15, 0.2) is 0 Å². The molecule has 0 spiro atoms. The molecule has 1 aromatic carbocycles. The monoisotopic (exact) mass is 408 g/mol. The van der Waals surface area contributed by atoms with E-state index in [-0.39, 0.29) is 11.8 Å². The van der Waals surface area contributed by atoms with E-state index in [9.17, 15) is 9.59 Å². The van der Waals surface area contributed by atoms with Crippen LogP contribution in [0.15, 0.2) is 43.0 Å². The van der Waals surface area contributed by atoms with Crippen molar-refractivity contribution in [1.29, 1.82) is 0 Å². The van der Waals surface area contributed by atoms with Crippen LogP contribution >= 0.6 is 0 Å². The number of aromatic nitrogens is 2. The second kappa shape index (κ2) is 10.9. The van der Waals surface area contributed by atoms with Crippen LogP contribution in [0.4, 0.5) is 5.69 Å². The van der Waals surface area contributed by atoms with E-state index < -0.39 is 0 Å². The molecule has 3 rings (SSSR count). The molecule has 0 unspecified atom stereocenters. The second-order valence-corrected chi connectivity index (χ2v) is 8.39. The first-order valence-corrected chi connectivity index (χ1v) is 11.0. The number of anilines is 1. The first-order valence-electron chi connectivity index (χ1n) is 11.0. The first-order chi connectivity index (χ1) is 14.6. The normalized spacial score (nSPS) is 15.8. The molecule has 0 bridgehead atoms. The minimum absolute atomic E-state index is 0.0671. The van der Waals surface area contributed by atoms with Crippen LogP contribution in [0.25, 0.3) is 0 Å². The third-order valence-electron chi connectivity index (χ3n) is 5.43. The number of benzene rings is 1. The summed E-state index contributed by atoms with van der Waals surface area (Å²) >= 11 is 0. The average Bonchev–Trinajstić information content (AvgIpc) is 2.74. The van der Waals surface area contributed by atoms with Gasteiger partial charge in [0.2, 0.25) is 5.91 Å². The Hall–Kier alpha value is -2.76. The van der Waals surface area contributed by atoms with Gasteiger partial charge in [0.25, 0.3) is 5.91 Å². The van der Waals surface area contributed by atoms with Gasteiger partial charge in [0.1, 0.15) is 6.33 Å². The van der Waals surface area contributed by atoms with Crippen LogP contribution in [0.5, 0.6) is 0 Å². The Bertz CT molecular complexity index is 838. The fourth-order valence-electron chi connectivity index (χ4n) is 3.90. The maximum atomic E-state index is 13.2. The maximum Gasteiger partial charge on any atom is 0.257 e. The molecule has 2 aromatic rings. The molecule has 0 N–H and O–H groups in total. The Balaban J connectivity index is 1.93. The van der Waals surface area contributed by atoms with Gasteiger partial charge in [-0.3, -0.25) is 9.59 Å². The molecule has 1 aliphatic rings. The summed E-state index contributed by atoms with van der Waals surface area (Å²) in [6, 6.07) is 7.98. The van der Waals surface area contributed by atoms with E-state index in [1.807, 2.05) is 34.1 Å². The highest BCUT2D eigenvalue weighted by molar-refractivity contribution is 5.95. The highest BCUT2D eigenvalue weighted by Gasteiger charge is 2.23. The van der Waals surface area contributed by atoms with E-state index in [2.05, 4.69) is 23.8 Å². The molecule has 0 fully saturated rings. The Kier molecular flexibility index (Phi) is 7.94. The quantitative estimate of drug-likeness (QED) is 0.752. The standard InChI is InChI=1S/C24H32N4O2/c1-19(2)14-23(29)28-13-9-5-3-4-8-12-27(17-20-10-6-7-11-22(20)28)24(30)21-15-25-18-26-16-21/h6-7,10-11,15-16,18-19H,3-5,8-9,12-14,17H2,1-2H3. The van der Waals surface area contributed by atoms with E-state index in [4.69, 9.17) is 0 Å². The zero-order valence-electron chi connectivity index (χ0n) is 18.1. The predicted molar refractivity (Wildman–Crippen MR) is 118 cm³/mol. The van der Waals surface area contributed by atoms with Crippen LogP contribution in [0, 0.1) is 5.92 Å². The van der Waals surface area contributed by atoms with Gasteiger partial charge in [-0.1, -0.05) is 51.3 Å². The molecule has 6 nitrogen and oxygen atoms in total. The number of fused-ring (bicyclic) bond motifs is 1. The second-order valence-electron chi connectivity index (χ2n) is 8.39. The highest BCUT2D eigenvalue weighted by Crippen LogP contribution is 2.26. The van der Waals surface area contributed by atoms with E-state index in [1.165, 1.54) is 6.33 Å². The molecular weight excluding hydrogens is 376 g/mol. The van der Waals surface area contributed by atoms with Gasteiger partial charge in [-0.15, -0.1) is 0 Å². The lowest BCUT2D eigenvalue weighted by Gasteiger charge is -2.30. The van der Waals surface area contributed by atoms with Crippen molar-refractivity contribution in [2.75, 3.05) is 18.0 Å². The number of rotatable bonds is 3. The van der Waals surface area contributed by atoms with Gasteiger partial charge in [-0.25, -0.2) is 9.97 Å². The number of amides is 2. The molecular formula is C24H32N4O2. The smallest absolute Gasteiger partial charge is 0.257 e. The van der Waals surface area contributed by atoms with Crippen molar-refractivity contribution in [3.05, 3.63) is 54.1 Å². The lowest BCUT2D eigenvalue weighted by Crippen LogP contribution is -2.36. The number of nitrogens with zero attached hydrogens (tertiary/aromatic N) is 4. The number of hydrogen-bond donors (Lipinski definition) is 0. The van der Waals surface area contributed by atoms with E-state index in [0.717, 1.165) is 49.9 Å². The number of carbonyl (C=O) groups excluding carboxylic acids is 2. The Morgan fingerprint density at radius 3 is 2.37 bits per heavy atom. The lowest BCUT2D eigenvalue weighted by atomic mass is 10.0. The summed E-state index contributed by atoms with van der Waals surface area (Å²) < 4.78 is 0. The van der Waals surface area contributed by atoms with Gasteiger partial charge in [-0.2, -0.15) is 0 Å². The van der Waals surface area contributed by atoms with Crippen molar-refractivity contribution in [1.82, 2.24) is 14.9 Å². The van der Waals surface area contributed by atoms with E-state index in [1.54, 1.807) is 12.4 Å². The van der Waals surface area contributed by atoms with Crippen LogP contribution in [0.3, 0.4) is 0 Å². The molecule has 2 heterocycles. The Morgan fingerprint density at radius 1 is 0.967 bits per heavy atom. The molecule has 0 atom stereocenters. The van der Waals surface area contributed by atoms with Gasteiger partial charge < -0.3 is 9.80 Å². The molecule has 1 aliphatic heterocycles. The summed E-state index contributed by atoms with van der Waals surface area (Å²) in [6.45, 7) is 6.02. The van der Waals surface area contributed by atoms with Gasteiger partial charge in [0, 0.05) is 44.1 Å². The van der Waals surface area contributed by atoms with Crippen molar-refractivity contribution in [3.8, 4) is 0 Å². The molecule has 160 valence electrons. The predicted octanol–water partition coefficient (Wildman–Crippen LogP) is 4.46. The van der Waals surface area contributed by atoms with E-state index in [0.29, 0.717) is 31.0 Å². The summed E-state index contributed by atoms with van der Waals surface area (Å²) in [5.41, 5.74) is 2.42. The molecule has 0 saturated carbocycles. The van der Waals surface area contributed by atoms with Gasteiger partial charge >= 0.3 is 0 Å². The molecule has 6 heteroatoms. The van der Waals surface area contributed by atoms with Crippen LogP contribution < -0.4 is 4.90 Å². The van der Waals surface area contributed by atoms with Crippen molar-refractivity contribution in [2.45, 2.75) is 58.9 Å². The van der Waals surface area contributed by atoms with Gasteiger partial charge in [0.05, 0.1) is 5.56 Å². The van der Waals surface area contributed by atoms with Crippen molar-refractivity contribution in [2.24, 2.45) is 5.92 Å². The minimum Gasteiger partial charge on any atom is -0.334 e. The largest absolute Gasteiger partial charge is 0.334 e. The summed E-state index contributed by atoms with van der Waals surface area (Å²) in [5, 5.41) is 0.